The molecule has 1 atom stereocenters. The van der Waals surface area contributed by atoms with Gasteiger partial charge in [-0.2, -0.15) is 0 Å². The highest BCUT2D eigenvalue weighted by Crippen LogP contribution is 2.17. The molecule has 0 aromatic carbocycles. The largest absolute Gasteiger partial charge is 0.480 e. The number of methoxy groups -OCH3 is 1. The normalized spacial score (nSPS) is 22.6. The van der Waals surface area contributed by atoms with Crippen molar-refractivity contribution in [1.82, 2.24) is 4.90 Å². The lowest BCUT2D eigenvalue weighted by Gasteiger charge is -2.25. The summed E-state index contributed by atoms with van der Waals surface area (Å²) in [5.41, 5.74) is 0. The fourth-order valence-electron chi connectivity index (χ4n) is 1.70. The Morgan fingerprint density at radius 2 is 2.07 bits per heavy atom. The molecule has 1 aliphatic heterocycles. The van der Waals surface area contributed by atoms with Crippen LogP contribution in [0.25, 0.3) is 0 Å². The zero-order chi connectivity index (χ0) is 10.6. The van der Waals surface area contributed by atoms with Gasteiger partial charge in [-0.3, -0.25) is 4.90 Å². The van der Waals surface area contributed by atoms with Crippen LogP contribution in [0.3, 0.4) is 0 Å². The van der Waals surface area contributed by atoms with Gasteiger partial charge in [0.1, 0.15) is 6.04 Å². The average Bonchev–Trinajstić information content (AvgIpc) is 2.41. The predicted molar refractivity (Wildman–Crippen MR) is 49.0 cm³/mol. The van der Waals surface area contributed by atoms with Gasteiger partial charge in [0.25, 0.3) is 0 Å². The minimum absolute atomic E-state index is 0.476. The molecule has 0 aromatic rings. The highest BCUT2D eigenvalue weighted by Gasteiger charge is 2.31. The number of likely N-dealkylation sites (tertiary alicyclic amines) is 1. The summed E-state index contributed by atoms with van der Waals surface area (Å²) in [5.74, 6) is -0.947. The summed E-state index contributed by atoms with van der Waals surface area (Å²) in [6.45, 7) is 0.476. The van der Waals surface area contributed by atoms with E-state index in [1.807, 2.05) is 0 Å². The van der Waals surface area contributed by atoms with Crippen LogP contribution in [0.5, 0.6) is 0 Å². The molecule has 0 saturated carbocycles. The van der Waals surface area contributed by atoms with Crippen molar-refractivity contribution in [1.29, 1.82) is 0 Å². The standard InChI is InChI=1S/C9H15NO4/c1-14-9(13)10-6-4-2-3-5-7(10)8(11)12/h7H,2-6H2,1H3,(H,11,12). The molecule has 0 bridgehead atoms. The summed E-state index contributed by atoms with van der Waals surface area (Å²) in [7, 11) is 1.27. The molecule has 1 N–H and O–H groups in total. The molecular weight excluding hydrogens is 186 g/mol. The predicted octanol–water partition coefficient (Wildman–Crippen LogP) is 1.08. The van der Waals surface area contributed by atoms with Crippen LogP contribution in [0, 0.1) is 0 Å². The Morgan fingerprint density at radius 3 is 2.64 bits per heavy atom. The van der Waals surface area contributed by atoms with Gasteiger partial charge in [0, 0.05) is 6.54 Å². The Kier molecular flexibility index (Phi) is 3.73. The van der Waals surface area contributed by atoms with Gasteiger partial charge in [0.2, 0.25) is 0 Å². The summed E-state index contributed by atoms with van der Waals surface area (Å²) in [5, 5.41) is 8.93. The Labute approximate surface area is 82.6 Å². The molecule has 0 aliphatic carbocycles. The number of carbonyl (C=O) groups excluding carboxylic acids is 1. The molecule has 1 aliphatic rings. The van der Waals surface area contributed by atoms with E-state index in [9.17, 15) is 9.59 Å². The Balaban J connectivity index is 2.73. The van der Waals surface area contributed by atoms with Crippen molar-refractivity contribution < 1.29 is 19.4 Å². The van der Waals surface area contributed by atoms with Gasteiger partial charge < -0.3 is 9.84 Å². The third-order valence-corrected chi connectivity index (χ3v) is 2.45. The van der Waals surface area contributed by atoms with Crippen LogP contribution in [0.4, 0.5) is 4.79 Å². The maximum absolute atomic E-state index is 11.3. The second-order valence-corrected chi connectivity index (χ2v) is 3.37. The first-order chi connectivity index (χ1) is 6.66. The first kappa shape index (κ1) is 10.8. The zero-order valence-corrected chi connectivity index (χ0v) is 8.23. The molecule has 0 spiro atoms. The van der Waals surface area contributed by atoms with Crippen molar-refractivity contribution in [2.24, 2.45) is 0 Å². The molecule has 5 nitrogen and oxygen atoms in total. The minimum Gasteiger partial charge on any atom is -0.480 e. The summed E-state index contributed by atoms with van der Waals surface area (Å²) in [4.78, 5) is 23.5. The molecule has 1 rings (SSSR count). The SMILES string of the molecule is COC(=O)N1CCCCCC1C(=O)O. The van der Waals surface area contributed by atoms with Crippen molar-refractivity contribution in [2.45, 2.75) is 31.7 Å². The number of ether oxygens (including phenoxy) is 1. The fraction of sp³-hybridized carbons (Fsp3) is 0.778. The molecule has 1 heterocycles. The molecule has 0 radical (unpaired) electrons. The number of amides is 1. The van der Waals surface area contributed by atoms with Crippen molar-refractivity contribution in [3.63, 3.8) is 0 Å². The molecule has 14 heavy (non-hydrogen) atoms. The quantitative estimate of drug-likeness (QED) is 0.689. The molecule has 1 fully saturated rings. The van der Waals surface area contributed by atoms with Crippen LogP contribution >= 0.6 is 0 Å². The van der Waals surface area contributed by atoms with Crippen molar-refractivity contribution in [3.8, 4) is 0 Å². The number of rotatable bonds is 1. The van der Waals surface area contributed by atoms with E-state index in [2.05, 4.69) is 4.74 Å². The summed E-state index contributed by atoms with van der Waals surface area (Å²) in [6, 6.07) is -0.718. The second kappa shape index (κ2) is 4.83. The Bertz CT molecular complexity index is 229. The number of carbonyl (C=O) groups is 2. The zero-order valence-electron chi connectivity index (χ0n) is 8.23. The number of hydrogen-bond donors (Lipinski definition) is 1. The smallest absolute Gasteiger partial charge is 0.410 e. The van der Waals surface area contributed by atoms with Crippen LogP contribution in [-0.4, -0.2) is 41.8 Å². The van der Waals surface area contributed by atoms with Crippen LogP contribution in [0.1, 0.15) is 25.7 Å². The van der Waals surface area contributed by atoms with Gasteiger partial charge in [-0.05, 0) is 12.8 Å². The number of carboxylic acid groups (broad SMARTS) is 1. The monoisotopic (exact) mass is 201 g/mol. The topological polar surface area (TPSA) is 66.8 Å². The van der Waals surface area contributed by atoms with Gasteiger partial charge in [-0.15, -0.1) is 0 Å². The Hall–Kier alpha value is -1.26. The molecular formula is C9H15NO4. The van der Waals surface area contributed by atoms with E-state index in [1.165, 1.54) is 12.0 Å². The molecule has 5 heteroatoms. The van der Waals surface area contributed by atoms with Gasteiger partial charge in [-0.1, -0.05) is 12.8 Å². The van der Waals surface area contributed by atoms with E-state index < -0.39 is 18.1 Å². The van der Waals surface area contributed by atoms with Crippen LogP contribution in [0.2, 0.25) is 0 Å². The number of carboxylic acids is 1. The van der Waals surface area contributed by atoms with E-state index in [-0.39, 0.29) is 0 Å². The molecule has 1 saturated heterocycles. The summed E-state index contributed by atoms with van der Waals surface area (Å²) in [6.07, 6.45) is 2.64. The van der Waals surface area contributed by atoms with Crippen molar-refractivity contribution in [2.75, 3.05) is 13.7 Å². The molecule has 0 aromatic heterocycles. The third kappa shape index (κ3) is 2.37. The lowest BCUT2D eigenvalue weighted by atomic mass is 10.1. The van der Waals surface area contributed by atoms with Gasteiger partial charge >= 0.3 is 12.1 Å². The number of nitrogens with zero attached hydrogens (tertiary/aromatic N) is 1. The first-order valence-corrected chi connectivity index (χ1v) is 4.74. The van der Waals surface area contributed by atoms with E-state index in [4.69, 9.17) is 5.11 Å². The molecule has 80 valence electrons. The lowest BCUT2D eigenvalue weighted by Crippen LogP contribution is -2.44. The Morgan fingerprint density at radius 1 is 1.36 bits per heavy atom. The van der Waals surface area contributed by atoms with E-state index in [1.54, 1.807) is 0 Å². The summed E-state index contributed by atoms with van der Waals surface area (Å²) >= 11 is 0. The maximum Gasteiger partial charge on any atom is 0.410 e. The van der Waals surface area contributed by atoms with E-state index in [0.29, 0.717) is 13.0 Å². The van der Waals surface area contributed by atoms with E-state index >= 15 is 0 Å². The van der Waals surface area contributed by atoms with Gasteiger partial charge in [0.15, 0.2) is 0 Å². The van der Waals surface area contributed by atoms with Gasteiger partial charge in [0.05, 0.1) is 7.11 Å². The summed E-state index contributed by atoms with van der Waals surface area (Å²) < 4.78 is 4.55. The van der Waals surface area contributed by atoms with Crippen LogP contribution in [0.15, 0.2) is 0 Å². The van der Waals surface area contributed by atoms with Crippen molar-refractivity contribution in [3.05, 3.63) is 0 Å². The number of aliphatic carboxylic acids is 1. The van der Waals surface area contributed by atoms with Crippen LogP contribution in [-0.2, 0) is 9.53 Å². The molecule has 1 amide bonds. The maximum atomic E-state index is 11.3. The third-order valence-electron chi connectivity index (χ3n) is 2.45. The highest BCUT2D eigenvalue weighted by atomic mass is 16.5. The lowest BCUT2D eigenvalue weighted by molar-refractivity contribution is -0.142. The highest BCUT2D eigenvalue weighted by molar-refractivity contribution is 5.80. The van der Waals surface area contributed by atoms with Crippen molar-refractivity contribution >= 4 is 12.1 Å². The van der Waals surface area contributed by atoms with Gasteiger partial charge in [-0.25, -0.2) is 9.59 Å². The van der Waals surface area contributed by atoms with E-state index in [0.717, 1.165) is 19.3 Å². The minimum atomic E-state index is -0.947. The number of hydrogen-bond acceptors (Lipinski definition) is 3. The average molecular weight is 201 g/mol. The second-order valence-electron chi connectivity index (χ2n) is 3.37. The van der Waals surface area contributed by atoms with Crippen LogP contribution < -0.4 is 0 Å². The molecule has 1 unspecified atom stereocenters. The fourth-order valence-corrected chi connectivity index (χ4v) is 1.70. The first-order valence-electron chi connectivity index (χ1n) is 4.74.